The van der Waals surface area contributed by atoms with E-state index in [9.17, 15) is 9.59 Å². The summed E-state index contributed by atoms with van der Waals surface area (Å²) < 4.78 is 5.02. The van der Waals surface area contributed by atoms with E-state index in [0.29, 0.717) is 19.6 Å². The Morgan fingerprint density at radius 3 is 2.48 bits per heavy atom. The van der Waals surface area contributed by atoms with E-state index >= 15 is 0 Å². The summed E-state index contributed by atoms with van der Waals surface area (Å²) in [5.74, 6) is 0.0231. The molecule has 0 aromatic heterocycles. The lowest BCUT2D eigenvalue weighted by atomic mass is 10.1. The van der Waals surface area contributed by atoms with Crippen LogP contribution in [0.2, 0.25) is 0 Å². The highest BCUT2D eigenvalue weighted by Gasteiger charge is 2.12. The molecular formula is C17H25NO3. The van der Waals surface area contributed by atoms with Gasteiger partial charge in [0.05, 0.1) is 13.2 Å². The molecule has 0 spiro atoms. The van der Waals surface area contributed by atoms with Gasteiger partial charge in [-0.2, -0.15) is 0 Å². The van der Waals surface area contributed by atoms with Gasteiger partial charge in [-0.05, 0) is 38.8 Å². The van der Waals surface area contributed by atoms with Crippen LogP contribution >= 0.6 is 0 Å². The van der Waals surface area contributed by atoms with E-state index in [4.69, 9.17) is 4.74 Å². The average molecular weight is 291 g/mol. The lowest BCUT2D eigenvalue weighted by Gasteiger charge is -2.21. The fraction of sp³-hybridized carbons (Fsp3) is 0.529. The predicted octanol–water partition coefficient (Wildman–Crippen LogP) is 2.81. The minimum atomic E-state index is -0.194. The van der Waals surface area contributed by atoms with E-state index in [0.717, 1.165) is 25.9 Å². The van der Waals surface area contributed by atoms with Crippen molar-refractivity contribution in [1.82, 2.24) is 4.90 Å². The number of hydrogen-bond acceptors (Lipinski definition) is 4. The molecule has 0 atom stereocenters. The molecule has 4 heteroatoms. The van der Waals surface area contributed by atoms with E-state index < -0.39 is 0 Å². The van der Waals surface area contributed by atoms with Crippen molar-refractivity contribution in [2.45, 2.75) is 39.7 Å². The first-order chi connectivity index (χ1) is 10.1. The number of carbonyl (C=O) groups is 2. The standard InChI is InChI=1S/C17H25NO3/c1-3-21-17(20)14-18(12-8-7-9-15(2)19)13-16-10-5-4-6-11-16/h4-6,10-11H,3,7-9,12-14H2,1-2H3. The zero-order chi connectivity index (χ0) is 15.5. The molecule has 0 heterocycles. The third-order valence-electron chi connectivity index (χ3n) is 3.16. The van der Waals surface area contributed by atoms with Crippen molar-refractivity contribution in [3.63, 3.8) is 0 Å². The molecule has 0 fully saturated rings. The van der Waals surface area contributed by atoms with Gasteiger partial charge in [0.1, 0.15) is 5.78 Å². The Bertz CT molecular complexity index is 431. The molecule has 1 aromatic rings. The Hall–Kier alpha value is -1.68. The summed E-state index contributed by atoms with van der Waals surface area (Å²) in [5, 5.41) is 0. The van der Waals surface area contributed by atoms with Gasteiger partial charge in [0.2, 0.25) is 0 Å². The number of rotatable bonds is 10. The minimum absolute atomic E-state index is 0.194. The Morgan fingerprint density at radius 1 is 1.14 bits per heavy atom. The molecule has 0 aliphatic rings. The van der Waals surface area contributed by atoms with Gasteiger partial charge in [-0.25, -0.2) is 0 Å². The molecule has 0 aliphatic carbocycles. The van der Waals surface area contributed by atoms with Gasteiger partial charge in [-0.3, -0.25) is 9.69 Å². The second-order valence-corrected chi connectivity index (χ2v) is 5.16. The molecule has 0 aliphatic heterocycles. The Labute approximate surface area is 127 Å². The van der Waals surface area contributed by atoms with Gasteiger partial charge in [-0.15, -0.1) is 0 Å². The van der Waals surface area contributed by atoms with Crippen LogP contribution in [-0.4, -0.2) is 36.3 Å². The fourth-order valence-corrected chi connectivity index (χ4v) is 2.15. The highest BCUT2D eigenvalue weighted by Crippen LogP contribution is 2.07. The van der Waals surface area contributed by atoms with Crippen LogP contribution < -0.4 is 0 Å². The summed E-state index contributed by atoms with van der Waals surface area (Å²) in [6.45, 7) is 5.64. The number of hydrogen-bond donors (Lipinski definition) is 0. The van der Waals surface area contributed by atoms with Crippen LogP contribution in [0.5, 0.6) is 0 Å². The fourth-order valence-electron chi connectivity index (χ4n) is 2.15. The van der Waals surface area contributed by atoms with Crippen molar-refractivity contribution in [3.05, 3.63) is 35.9 Å². The zero-order valence-corrected chi connectivity index (χ0v) is 13.0. The number of unbranched alkanes of at least 4 members (excludes halogenated alkanes) is 1. The number of esters is 1. The normalized spacial score (nSPS) is 10.6. The molecule has 21 heavy (non-hydrogen) atoms. The summed E-state index contributed by atoms with van der Waals surface area (Å²) in [5.41, 5.74) is 1.17. The number of benzene rings is 1. The summed E-state index contributed by atoms with van der Waals surface area (Å²) in [4.78, 5) is 24.7. The third-order valence-corrected chi connectivity index (χ3v) is 3.16. The number of nitrogens with zero attached hydrogens (tertiary/aromatic N) is 1. The largest absolute Gasteiger partial charge is 0.465 e. The van der Waals surface area contributed by atoms with Crippen LogP contribution in [0.15, 0.2) is 30.3 Å². The second kappa shape index (κ2) is 10.1. The molecule has 0 amide bonds. The van der Waals surface area contributed by atoms with Gasteiger partial charge < -0.3 is 9.53 Å². The number of carbonyl (C=O) groups excluding carboxylic acids is 2. The molecular weight excluding hydrogens is 266 g/mol. The molecule has 0 unspecified atom stereocenters. The molecule has 1 aromatic carbocycles. The predicted molar refractivity (Wildman–Crippen MR) is 82.9 cm³/mol. The van der Waals surface area contributed by atoms with Crippen LogP contribution in [0.3, 0.4) is 0 Å². The highest BCUT2D eigenvalue weighted by atomic mass is 16.5. The maximum Gasteiger partial charge on any atom is 0.320 e. The van der Waals surface area contributed by atoms with Gasteiger partial charge in [0.25, 0.3) is 0 Å². The van der Waals surface area contributed by atoms with Crippen LogP contribution in [-0.2, 0) is 20.9 Å². The van der Waals surface area contributed by atoms with Crippen LogP contribution in [0, 0.1) is 0 Å². The molecule has 0 radical (unpaired) electrons. The number of ether oxygens (including phenoxy) is 1. The summed E-state index contributed by atoms with van der Waals surface area (Å²) in [7, 11) is 0. The van der Waals surface area contributed by atoms with E-state index in [-0.39, 0.29) is 11.8 Å². The Kier molecular flexibility index (Phi) is 8.36. The van der Waals surface area contributed by atoms with Crippen molar-refractivity contribution in [3.8, 4) is 0 Å². The van der Waals surface area contributed by atoms with Crippen molar-refractivity contribution >= 4 is 11.8 Å². The first-order valence-electron chi connectivity index (χ1n) is 7.53. The lowest BCUT2D eigenvalue weighted by molar-refractivity contribution is -0.144. The van der Waals surface area contributed by atoms with Crippen LogP contribution in [0.1, 0.15) is 38.7 Å². The smallest absolute Gasteiger partial charge is 0.320 e. The van der Waals surface area contributed by atoms with Gasteiger partial charge in [0.15, 0.2) is 0 Å². The van der Waals surface area contributed by atoms with E-state index in [1.807, 2.05) is 37.3 Å². The number of Topliss-reactive ketones (excluding diaryl/α,β-unsaturated/α-hetero) is 1. The average Bonchev–Trinajstić information content (AvgIpc) is 2.44. The van der Waals surface area contributed by atoms with Gasteiger partial charge in [-0.1, -0.05) is 30.3 Å². The Morgan fingerprint density at radius 2 is 1.86 bits per heavy atom. The topological polar surface area (TPSA) is 46.6 Å². The van der Waals surface area contributed by atoms with Gasteiger partial charge >= 0.3 is 5.97 Å². The first kappa shape index (κ1) is 17.4. The number of ketones is 1. The lowest BCUT2D eigenvalue weighted by Crippen LogP contribution is -2.31. The summed E-state index contributed by atoms with van der Waals surface area (Å²) in [6, 6.07) is 10.1. The monoisotopic (exact) mass is 291 g/mol. The zero-order valence-electron chi connectivity index (χ0n) is 13.0. The van der Waals surface area contributed by atoms with Crippen LogP contribution in [0.25, 0.3) is 0 Å². The molecule has 116 valence electrons. The third kappa shape index (κ3) is 8.25. The molecule has 0 N–H and O–H groups in total. The summed E-state index contributed by atoms with van der Waals surface area (Å²) in [6.07, 6.45) is 2.38. The second-order valence-electron chi connectivity index (χ2n) is 5.16. The van der Waals surface area contributed by atoms with Gasteiger partial charge in [0, 0.05) is 13.0 Å². The first-order valence-corrected chi connectivity index (χ1v) is 7.53. The highest BCUT2D eigenvalue weighted by molar-refractivity contribution is 5.75. The maximum atomic E-state index is 11.7. The van der Waals surface area contributed by atoms with Crippen LogP contribution in [0.4, 0.5) is 0 Å². The molecule has 0 bridgehead atoms. The van der Waals surface area contributed by atoms with E-state index in [1.165, 1.54) is 5.56 Å². The molecule has 0 saturated carbocycles. The molecule has 0 saturated heterocycles. The quantitative estimate of drug-likeness (QED) is 0.491. The minimum Gasteiger partial charge on any atom is -0.465 e. The van der Waals surface area contributed by atoms with E-state index in [2.05, 4.69) is 4.90 Å². The van der Waals surface area contributed by atoms with Crippen molar-refractivity contribution in [1.29, 1.82) is 0 Å². The summed E-state index contributed by atoms with van der Waals surface area (Å²) >= 11 is 0. The maximum absolute atomic E-state index is 11.7. The van der Waals surface area contributed by atoms with Crippen molar-refractivity contribution in [2.75, 3.05) is 19.7 Å². The molecule has 1 rings (SSSR count). The van der Waals surface area contributed by atoms with Crippen molar-refractivity contribution < 1.29 is 14.3 Å². The Balaban J connectivity index is 2.48. The van der Waals surface area contributed by atoms with Crippen molar-refractivity contribution in [2.24, 2.45) is 0 Å². The molecule has 4 nitrogen and oxygen atoms in total. The van der Waals surface area contributed by atoms with E-state index in [1.54, 1.807) is 6.92 Å². The SMILES string of the molecule is CCOC(=O)CN(CCCCC(C)=O)Cc1ccccc1.